The molecular weight excluding hydrogens is 312 g/mol. The fraction of sp³-hybridized carbons (Fsp3) is 0.529. The number of benzene rings is 1. The lowest BCUT2D eigenvalue weighted by Crippen LogP contribution is -2.45. The lowest BCUT2D eigenvalue weighted by molar-refractivity contribution is -0.133. The molecule has 0 aliphatic carbocycles. The molecule has 1 aromatic carbocycles. The number of nitrogens with one attached hydrogen (secondary N) is 2. The molecule has 2 aliphatic heterocycles. The highest BCUT2D eigenvalue weighted by atomic mass is 35.5. The zero-order valence-corrected chi connectivity index (χ0v) is 13.7. The second-order valence-corrected chi connectivity index (χ2v) is 6.66. The van der Waals surface area contributed by atoms with Crippen LogP contribution in [-0.4, -0.2) is 42.0 Å². The predicted octanol–water partition coefficient (Wildman–Crippen LogP) is 1.67. The van der Waals surface area contributed by atoms with Gasteiger partial charge in [0, 0.05) is 30.7 Å². The van der Waals surface area contributed by atoms with Crippen LogP contribution >= 0.6 is 11.6 Å². The summed E-state index contributed by atoms with van der Waals surface area (Å²) in [6.45, 7) is 2.24. The van der Waals surface area contributed by atoms with Crippen molar-refractivity contribution in [3.05, 3.63) is 34.9 Å². The van der Waals surface area contributed by atoms with E-state index in [0.717, 1.165) is 37.4 Å². The van der Waals surface area contributed by atoms with Crippen molar-refractivity contribution < 1.29 is 4.79 Å². The van der Waals surface area contributed by atoms with Gasteiger partial charge in [0.2, 0.25) is 5.91 Å². The van der Waals surface area contributed by atoms with Crippen LogP contribution in [0.2, 0.25) is 5.02 Å². The molecule has 1 aromatic rings. The Morgan fingerprint density at radius 1 is 1.43 bits per heavy atom. The smallest absolute Gasteiger partial charge is 0.240 e. The largest absolute Gasteiger partial charge is 0.325 e. The third-order valence-corrected chi connectivity index (χ3v) is 4.87. The van der Waals surface area contributed by atoms with Crippen LogP contribution in [0.25, 0.3) is 0 Å². The van der Waals surface area contributed by atoms with Gasteiger partial charge in [0.05, 0.1) is 12.1 Å². The van der Waals surface area contributed by atoms with Crippen LogP contribution in [0.15, 0.2) is 24.3 Å². The van der Waals surface area contributed by atoms with Crippen molar-refractivity contribution in [3.63, 3.8) is 0 Å². The van der Waals surface area contributed by atoms with Crippen LogP contribution in [-0.2, 0) is 11.3 Å². The molecule has 1 amide bonds. The first-order valence-corrected chi connectivity index (χ1v) is 8.46. The second kappa shape index (κ2) is 7.31. The monoisotopic (exact) mass is 332 g/mol. The van der Waals surface area contributed by atoms with E-state index in [2.05, 4.69) is 16.7 Å². The first-order valence-electron chi connectivity index (χ1n) is 8.08. The standard InChI is InChI=1S/C17H21ClN4O/c18-13-5-3-12(4-6-13)10-20-14-8-16(21-11-14)17(23)22-7-1-2-15(22)9-19/h3-6,14-16,20-21H,1-2,7-8,10-11H2/t14-,15-,16-/m0/s1. The molecule has 2 heterocycles. The van der Waals surface area contributed by atoms with Crippen molar-refractivity contribution in [1.29, 1.82) is 5.26 Å². The molecule has 5 nitrogen and oxygen atoms in total. The fourth-order valence-corrected chi connectivity index (χ4v) is 3.43. The van der Waals surface area contributed by atoms with Gasteiger partial charge in [-0.15, -0.1) is 0 Å². The van der Waals surface area contributed by atoms with Crippen molar-refractivity contribution in [3.8, 4) is 6.07 Å². The molecule has 0 unspecified atom stereocenters. The summed E-state index contributed by atoms with van der Waals surface area (Å²) >= 11 is 5.88. The maximum absolute atomic E-state index is 12.5. The van der Waals surface area contributed by atoms with E-state index in [1.165, 1.54) is 5.56 Å². The van der Waals surface area contributed by atoms with Gasteiger partial charge < -0.3 is 15.5 Å². The molecule has 6 heteroatoms. The molecule has 2 fully saturated rings. The normalized spacial score (nSPS) is 27.1. The lowest BCUT2D eigenvalue weighted by Gasteiger charge is -2.23. The molecule has 2 aliphatic rings. The van der Waals surface area contributed by atoms with E-state index in [0.29, 0.717) is 6.54 Å². The molecule has 3 atom stereocenters. The van der Waals surface area contributed by atoms with Crippen molar-refractivity contribution in [2.75, 3.05) is 13.1 Å². The molecule has 2 N–H and O–H groups in total. The van der Waals surface area contributed by atoms with Crippen LogP contribution in [0.4, 0.5) is 0 Å². The minimum absolute atomic E-state index is 0.0739. The molecule has 0 spiro atoms. The van der Waals surface area contributed by atoms with E-state index >= 15 is 0 Å². The minimum atomic E-state index is -0.245. The third kappa shape index (κ3) is 3.84. The molecular formula is C17H21ClN4O. The van der Waals surface area contributed by atoms with E-state index in [1.807, 2.05) is 24.3 Å². The molecule has 122 valence electrons. The van der Waals surface area contributed by atoms with Crippen LogP contribution < -0.4 is 10.6 Å². The van der Waals surface area contributed by atoms with Crippen molar-refractivity contribution in [2.45, 2.75) is 43.9 Å². The summed E-state index contributed by atoms with van der Waals surface area (Å²) in [5.74, 6) is 0.0739. The highest BCUT2D eigenvalue weighted by Crippen LogP contribution is 2.20. The number of hydrogen-bond acceptors (Lipinski definition) is 4. The number of halogens is 1. The maximum atomic E-state index is 12.5. The van der Waals surface area contributed by atoms with Gasteiger partial charge in [0.15, 0.2) is 0 Å². The quantitative estimate of drug-likeness (QED) is 0.880. The number of carbonyl (C=O) groups is 1. The van der Waals surface area contributed by atoms with Crippen LogP contribution in [0, 0.1) is 11.3 Å². The van der Waals surface area contributed by atoms with Crippen molar-refractivity contribution in [1.82, 2.24) is 15.5 Å². The highest BCUT2D eigenvalue weighted by Gasteiger charge is 2.36. The van der Waals surface area contributed by atoms with Gasteiger partial charge in [-0.2, -0.15) is 5.26 Å². The first kappa shape index (κ1) is 16.3. The Hall–Kier alpha value is -1.61. The number of likely N-dealkylation sites (tertiary alicyclic amines) is 1. The molecule has 0 saturated carbocycles. The van der Waals surface area contributed by atoms with Gasteiger partial charge in [0.25, 0.3) is 0 Å². The van der Waals surface area contributed by atoms with E-state index in [4.69, 9.17) is 16.9 Å². The Kier molecular flexibility index (Phi) is 5.16. The Morgan fingerprint density at radius 2 is 2.22 bits per heavy atom. The first-order chi connectivity index (χ1) is 11.2. The van der Waals surface area contributed by atoms with Crippen molar-refractivity contribution >= 4 is 17.5 Å². The molecule has 23 heavy (non-hydrogen) atoms. The fourth-order valence-electron chi connectivity index (χ4n) is 3.31. The molecule has 2 saturated heterocycles. The number of nitrogens with zero attached hydrogens (tertiary/aromatic N) is 2. The lowest BCUT2D eigenvalue weighted by atomic mass is 10.1. The Bertz CT molecular complexity index is 598. The summed E-state index contributed by atoms with van der Waals surface area (Å²) in [6.07, 6.45) is 2.49. The summed E-state index contributed by atoms with van der Waals surface area (Å²) in [5, 5.41) is 16.6. The third-order valence-electron chi connectivity index (χ3n) is 4.62. The average molecular weight is 333 g/mol. The minimum Gasteiger partial charge on any atom is -0.325 e. The highest BCUT2D eigenvalue weighted by molar-refractivity contribution is 6.30. The summed E-state index contributed by atoms with van der Waals surface area (Å²) in [6, 6.07) is 9.85. The van der Waals surface area contributed by atoms with Gasteiger partial charge in [-0.05, 0) is 37.0 Å². The second-order valence-electron chi connectivity index (χ2n) is 6.22. The van der Waals surface area contributed by atoms with E-state index in [1.54, 1.807) is 4.90 Å². The molecule has 0 aromatic heterocycles. The van der Waals surface area contributed by atoms with Crippen LogP contribution in [0.1, 0.15) is 24.8 Å². The summed E-state index contributed by atoms with van der Waals surface area (Å²) in [5.41, 5.74) is 1.17. The van der Waals surface area contributed by atoms with Crippen LogP contribution in [0.5, 0.6) is 0 Å². The zero-order chi connectivity index (χ0) is 16.2. The molecule has 0 bridgehead atoms. The van der Waals surface area contributed by atoms with E-state index < -0.39 is 0 Å². The van der Waals surface area contributed by atoms with E-state index in [9.17, 15) is 4.79 Å². The topological polar surface area (TPSA) is 68.2 Å². The average Bonchev–Trinajstić information content (AvgIpc) is 3.23. The summed E-state index contributed by atoms with van der Waals surface area (Å²) in [4.78, 5) is 14.3. The summed E-state index contributed by atoms with van der Waals surface area (Å²) in [7, 11) is 0. The van der Waals surface area contributed by atoms with Gasteiger partial charge >= 0.3 is 0 Å². The van der Waals surface area contributed by atoms with Gasteiger partial charge in [-0.1, -0.05) is 23.7 Å². The number of amides is 1. The van der Waals surface area contributed by atoms with E-state index in [-0.39, 0.29) is 24.0 Å². The number of rotatable bonds is 4. The van der Waals surface area contributed by atoms with Crippen molar-refractivity contribution in [2.24, 2.45) is 0 Å². The summed E-state index contributed by atoms with van der Waals surface area (Å²) < 4.78 is 0. The Morgan fingerprint density at radius 3 is 2.96 bits per heavy atom. The molecule has 0 radical (unpaired) electrons. The predicted molar refractivity (Wildman–Crippen MR) is 88.8 cm³/mol. The SMILES string of the molecule is N#C[C@@H]1CCCN1C(=O)[C@@H]1C[C@H](NCc2ccc(Cl)cc2)CN1. The van der Waals surface area contributed by atoms with Gasteiger partial charge in [-0.3, -0.25) is 4.79 Å². The zero-order valence-electron chi connectivity index (χ0n) is 13.0. The number of carbonyl (C=O) groups excluding carboxylic acids is 1. The van der Waals surface area contributed by atoms with Gasteiger partial charge in [0.1, 0.15) is 6.04 Å². The Balaban J connectivity index is 1.49. The molecule has 3 rings (SSSR count). The van der Waals surface area contributed by atoms with Crippen LogP contribution in [0.3, 0.4) is 0 Å². The number of hydrogen-bond donors (Lipinski definition) is 2. The van der Waals surface area contributed by atoms with Gasteiger partial charge in [-0.25, -0.2) is 0 Å². The number of nitriles is 1. The maximum Gasteiger partial charge on any atom is 0.240 e. The Labute approximate surface area is 141 Å².